The first-order valence-corrected chi connectivity index (χ1v) is 11.6. The Morgan fingerprint density at radius 2 is 1.94 bits per heavy atom. The van der Waals surface area contributed by atoms with Crippen molar-refractivity contribution in [1.82, 2.24) is 21.1 Å². The highest BCUT2D eigenvalue weighted by atomic mass is 32.1. The van der Waals surface area contributed by atoms with E-state index in [2.05, 4.69) is 26.4 Å². The molecule has 176 valence electrons. The summed E-state index contributed by atoms with van der Waals surface area (Å²) >= 11 is 5.22. The fraction of sp³-hybridized carbons (Fsp3) is 0.591. The Labute approximate surface area is 194 Å². The summed E-state index contributed by atoms with van der Waals surface area (Å²) in [5.41, 5.74) is 6.25. The van der Waals surface area contributed by atoms with Gasteiger partial charge in [-0.15, -0.1) is 0 Å². The van der Waals surface area contributed by atoms with Crippen molar-refractivity contribution in [3.63, 3.8) is 0 Å². The number of benzene rings is 1. The van der Waals surface area contributed by atoms with Crippen molar-refractivity contribution in [3.8, 4) is 5.75 Å². The Morgan fingerprint density at radius 3 is 2.66 bits per heavy atom. The first kappa shape index (κ1) is 24.2. The third kappa shape index (κ3) is 7.32. The molecule has 1 aromatic carbocycles. The molecule has 0 bridgehead atoms. The van der Waals surface area contributed by atoms with E-state index in [9.17, 15) is 9.59 Å². The minimum absolute atomic E-state index is 0.0217. The molecule has 0 radical (unpaired) electrons. The molecule has 3 rings (SSSR count). The van der Waals surface area contributed by atoms with Gasteiger partial charge in [0.1, 0.15) is 5.75 Å². The van der Waals surface area contributed by atoms with Gasteiger partial charge >= 0.3 is 0 Å². The number of amides is 2. The van der Waals surface area contributed by atoms with Crippen molar-refractivity contribution in [2.45, 2.75) is 32.1 Å². The number of anilines is 1. The summed E-state index contributed by atoms with van der Waals surface area (Å²) in [4.78, 5) is 27.3. The molecule has 4 N–H and O–H groups in total. The number of hydrazine groups is 1. The number of carbonyl (C=O) groups is 2. The molecule has 0 spiro atoms. The molecule has 1 saturated heterocycles. The summed E-state index contributed by atoms with van der Waals surface area (Å²) in [7, 11) is 1.49. The third-order valence-electron chi connectivity index (χ3n) is 5.77. The molecule has 0 atom stereocenters. The summed E-state index contributed by atoms with van der Waals surface area (Å²) in [6.45, 7) is 5.19. The van der Waals surface area contributed by atoms with E-state index in [-0.39, 0.29) is 17.7 Å². The fourth-order valence-electron chi connectivity index (χ4n) is 3.94. The van der Waals surface area contributed by atoms with Gasteiger partial charge in [-0.05, 0) is 50.2 Å². The van der Waals surface area contributed by atoms with E-state index in [0.29, 0.717) is 28.7 Å². The monoisotopic (exact) mass is 463 g/mol. The second-order valence-corrected chi connectivity index (χ2v) is 8.44. The van der Waals surface area contributed by atoms with E-state index < -0.39 is 0 Å². The minimum Gasteiger partial charge on any atom is -0.496 e. The zero-order valence-corrected chi connectivity index (χ0v) is 19.4. The van der Waals surface area contributed by atoms with E-state index in [1.54, 1.807) is 18.2 Å². The maximum Gasteiger partial charge on any atom is 0.273 e. The Morgan fingerprint density at radius 1 is 1.19 bits per heavy atom. The number of methoxy groups -OCH3 is 1. The molecule has 1 heterocycles. The van der Waals surface area contributed by atoms with Crippen LogP contribution in [0.25, 0.3) is 0 Å². The topological polar surface area (TPSA) is 104 Å². The van der Waals surface area contributed by atoms with Gasteiger partial charge in [0.05, 0.1) is 25.9 Å². The van der Waals surface area contributed by atoms with E-state index in [1.807, 2.05) is 0 Å². The predicted octanol–water partition coefficient (Wildman–Crippen LogP) is 1.66. The van der Waals surface area contributed by atoms with Crippen LogP contribution in [0.1, 0.15) is 42.5 Å². The number of thiocarbonyl (C=S) groups is 1. The van der Waals surface area contributed by atoms with Gasteiger partial charge in [0.15, 0.2) is 5.11 Å². The lowest BCUT2D eigenvalue weighted by Gasteiger charge is -2.26. The third-order valence-corrected chi connectivity index (χ3v) is 6.02. The Hall–Kier alpha value is -2.43. The molecule has 2 aliphatic rings. The maximum atomic E-state index is 12.6. The molecule has 0 unspecified atom stereocenters. The zero-order valence-electron chi connectivity index (χ0n) is 18.6. The average molecular weight is 464 g/mol. The van der Waals surface area contributed by atoms with Crippen LogP contribution < -0.4 is 26.2 Å². The van der Waals surface area contributed by atoms with Crippen molar-refractivity contribution in [2.24, 2.45) is 5.92 Å². The van der Waals surface area contributed by atoms with Crippen LogP contribution in [-0.2, 0) is 9.53 Å². The molecule has 0 aromatic heterocycles. The molecule has 1 aromatic rings. The van der Waals surface area contributed by atoms with Crippen LogP contribution in [0.5, 0.6) is 5.75 Å². The molecule has 1 aliphatic heterocycles. The molecule has 9 nitrogen and oxygen atoms in total. The van der Waals surface area contributed by atoms with Gasteiger partial charge in [-0.1, -0.05) is 12.8 Å². The SMILES string of the molecule is COc1cc(NC(=O)C2CCCC2)ccc1C(=O)NNC(=S)NCCCN1CCOCC1. The molecular formula is C22H33N5O4S. The first-order valence-electron chi connectivity index (χ1n) is 11.2. The van der Waals surface area contributed by atoms with Crippen molar-refractivity contribution < 1.29 is 19.1 Å². The van der Waals surface area contributed by atoms with Gasteiger partial charge < -0.3 is 20.1 Å². The molecule has 2 fully saturated rings. The number of hydrogen-bond acceptors (Lipinski definition) is 6. The normalized spacial score (nSPS) is 16.9. The summed E-state index contributed by atoms with van der Waals surface area (Å²) in [5.74, 6) is 0.0786. The number of nitrogens with zero attached hydrogens (tertiary/aromatic N) is 1. The van der Waals surface area contributed by atoms with Crippen molar-refractivity contribution >= 4 is 34.8 Å². The van der Waals surface area contributed by atoms with Crippen LogP contribution in [-0.4, -0.2) is 68.3 Å². The fourth-order valence-corrected chi connectivity index (χ4v) is 4.10. The number of hydrogen-bond donors (Lipinski definition) is 4. The summed E-state index contributed by atoms with van der Waals surface area (Å²) in [6, 6.07) is 4.98. The lowest BCUT2D eigenvalue weighted by molar-refractivity contribution is -0.119. The summed E-state index contributed by atoms with van der Waals surface area (Å²) in [5, 5.41) is 6.35. The smallest absolute Gasteiger partial charge is 0.273 e. The molecule has 2 amide bonds. The number of carbonyl (C=O) groups excluding carboxylic acids is 2. The predicted molar refractivity (Wildman–Crippen MR) is 127 cm³/mol. The largest absolute Gasteiger partial charge is 0.496 e. The van der Waals surface area contributed by atoms with Crippen LogP contribution in [0.2, 0.25) is 0 Å². The molecule has 1 saturated carbocycles. The average Bonchev–Trinajstić information content (AvgIpc) is 3.36. The van der Waals surface area contributed by atoms with Crippen LogP contribution in [0.3, 0.4) is 0 Å². The van der Waals surface area contributed by atoms with Crippen molar-refractivity contribution in [3.05, 3.63) is 23.8 Å². The van der Waals surface area contributed by atoms with Gasteiger partial charge in [0.25, 0.3) is 5.91 Å². The maximum absolute atomic E-state index is 12.6. The van der Waals surface area contributed by atoms with E-state index in [1.165, 1.54) is 7.11 Å². The Balaban J connectivity index is 1.41. The lowest BCUT2D eigenvalue weighted by Crippen LogP contribution is -2.47. The second-order valence-electron chi connectivity index (χ2n) is 8.03. The molecule has 1 aliphatic carbocycles. The van der Waals surface area contributed by atoms with E-state index in [0.717, 1.165) is 65.0 Å². The number of ether oxygens (including phenoxy) is 2. The van der Waals surface area contributed by atoms with Gasteiger partial charge in [-0.25, -0.2) is 0 Å². The first-order chi connectivity index (χ1) is 15.6. The quantitative estimate of drug-likeness (QED) is 0.262. The highest BCUT2D eigenvalue weighted by molar-refractivity contribution is 7.80. The van der Waals surface area contributed by atoms with E-state index in [4.69, 9.17) is 21.7 Å². The Kier molecular flexibility index (Phi) is 9.51. The zero-order chi connectivity index (χ0) is 22.8. The minimum atomic E-state index is -0.381. The van der Waals surface area contributed by atoms with Gasteiger partial charge in [-0.2, -0.15) is 0 Å². The molecule has 10 heteroatoms. The second kappa shape index (κ2) is 12.6. The molecule has 32 heavy (non-hydrogen) atoms. The van der Waals surface area contributed by atoms with Gasteiger partial charge in [-0.3, -0.25) is 25.3 Å². The Bertz CT molecular complexity index is 795. The van der Waals surface area contributed by atoms with Crippen LogP contribution >= 0.6 is 12.2 Å². The molecular weight excluding hydrogens is 430 g/mol. The highest BCUT2D eigenvalue weighted by Gasteiger charge is 2.23. The standard InChI is InChI=1S/C22H33N5O4S/c1-30-19-15-17(24-20(28)16-5-2-3-6-16)7-8-18(19)21(29)25-26-22(32)23-9-4-10-27-11-13-31-14-12-27/h7-8,15-16H,2-6,9-14H2,1H3,(H,24,28)(H,25,29)(H2,23,26,32). The van der Waals surface area contributed by atoms with Crippen LogP contribution in [0.4, 0.5) is 5.69 Å². The van der Waals surface area contributed by atoms with Gasteiger partial charge in [0, 0.05) is 37.3 Å². The highest BCUT2D eigenvalue weighted by Crippen LogP contribution is 2.28. The number of rotatable bonds is 8. The van der Waals surface area contributed by atoms with Crippen LogP contribution in [0, 0.1) is 5.92 Å². The van der Waals surface area contributed by atoms with Crippen molar-refractivity contribution in [1.29, 1.82) is 0 Å². The van der Waals surface area contributed by atoms with E-state index >= 15 is 0 Å². The summed E-state index contributed by atoms with van der Waals surface area (Å²) < 4.78 is 10.7. The number of nitrogens with one attached hydrogen (secondary N) is 4. The van der Waals surface area contributed by atoms with Crippen LogP contribution in [0.15, 0.2) is 18.2 Å². The van der Waals surface area contributed by atoms with Gasteiger partial charge in [0.2, 0.25) is 5.91 Å². The summed E-state index contributed by atoms with van der Waals surface area (Å²) in [6.07, 6.45) is 4.99. The van der Waals surface area contributed by atoms with Crippen molar-refractivity contribution in [2.75, 3.05) is 51.8 Å². The number of morpholine rings is 1. The lowest BCUT2D eigenvalue weighted by atomic mass is 10.1.